The van der Waals surface area contributed by atoms with Crippen molar-refractivity contribution >= 4 is 16.8 Å². The summed E-state index contributed by atoms with van der Waals surface area (Å²) in [6.07, 6.45) is 5.48. The summed E-state index contributed by atoms with van der Waals surface area (Å²) in [7, 11) is 1.62. The van der Waals surface area contributed by atoms with Crippen molar-refractivity contribution in [3.05, 3.63) is 48.5 Å². The van der Waals surface area contributed by atoms with Gasteiger partial charge in [0.1, 0.15) is 17.5 Å². The van der Waals surface area contributed by atoms with Gasteiger partial charge in [0.15, 0.2) is 0 Å². The van der Waals surface area contributed by atoms with Gasteiger partial charge in [-0.2, -0.15) is 0 Å². The first-order valence-electron chi connectivity index (χ1n) is 8.11. The Bertz CT molecular complexity index is 894. The number of carbonyl (C=O) groups excluding carboxylic acids is 1. The van der Waals surface area contributed by atoms with Crippen molar-refractivity contribution in [2.75, 3.05) is 20.2 Å². The zero-order valence-electron chi connectivity index (χ0n) is 13.8. The van der Waals surface area contributed by atoms with Gasteiger partial charge in [0, 0.05) is 42.3 Å². The molecule has 1 atom stereocenters. The first-order chi connectivity index (χ1) is 12.2. The van der Waals surface area contributed by atoms with Crippen LogP contribution >= 0.6 is 0 Å². The van der Waals surface area contributed by atoms with Crippen molar-refractivity contribution in [2.45, 2.75) is 12.5 Å². The van der Waals surface area contributed by atoms with Crippen molar-refractivity contribution in [2.24, 2.45) is 0 Å². The summed E-state index contributed by atoms with van der Waals surface area (Å²) in [5.74, 6) is 1.21. The summed E-state index contributed by atoms with van der Waals surface area (Å²) in [4.78, 5) is 25.8. The molecule has 1 aromatic carbocycles. The number of aromatic nitrogens is 3. The summed E-state index contributed by atoms with van der Waals surface area (Å²) in [5, 5.41) is 0.982. The topological polar surface area (TPSA) is 80.3 Å². The van der Waals surface area contributed by atoms with Gasteiger partial charge in [-0.3, -0.25) is 9.78 Å². The lowest BCUT2D eigenvalue weighted by molar-refractivity contribution is 0.0766. The lowest BCUT2D eigenvalue weighted by Gasteiger charge is -2.16. The highest BCUT2D eigenvalue weighted by atomic mass is 16.5. The molecule has 7 heteroatoms. The quantitative estimate of drug-likeness (QED) is 0.789. The zero-order chi connectivity index (χ0) is 17.2. The van der Waals surface area contributed by atoms with E-state index in [9.17, 15) is 4.79 Å². The normalized spacial score (nSPS) is 17.0. The van der Waals surface area contributed by atoms with E-state index in [0.29, 0.717) is 24.7 Å². The van der Waals surface area contributed by atoms with Crippen LogP contribution in [0.1, 0.15) is 16.9 Å². The molecule has 1 unspecified atom stereocenters. The highest BCUT2D eigenvalue weighted by Gasteiger charge is 2.29. The van der Waals surface area contributed by atoms with E-state index < -0.39 is 0 Å². The van der Waals surface area contributed by atoms with Gasteiger partial charge in [-0.25, -0.2) is 4.98 Å². The molecule has 25 heavy (non-hydrogen) atoms. The van der Waals surface area contributed by atoms with Gasteiger partial charge in [0.05, 0.1) is 19.9 Å². The minimum Gasteiger partial charge on any atom is -0.497 e. The number of fused-ring (bicyclic) bond motifs is 1. The van der Waals surface area contributed by atoms with Gasteiger partial charge in [0.2, 0.25) is 5.88 Å². The van der Waals surface area contributed by atoms with Crippen LogP contribution in [0.2, 0.25) is 0 Å². The Labute approximate surface area is 144 Å². The van der Waals surface area contributed by atoms with Crippen LogP contribution < -0.4 is 9.47 Å². The lowest BCUT2D eigenvalue weighted by Crippen LogP contribution is -2.31. The largest absolute Gasteiger partial charge is 0.497 e. The number of hydrogen-bond donors (Lipinski definition) is 1. The van der Waals surface area contributed by atoms with Gasteiger partial charge in [-0.1, -0.05) is 0 Å². The Morgan fingerprint density at radius 2 is 2.24 bits per heavy atom. The van der Waals surface area contributed by atoms with E-state index in [1.165, 1.54) is 0 Å². The van der Waals surface area contributed by atoms with Crippen molar-refractivity contribution < 1.29 is 14.3 Å². The van der Waals surface area contributed by atoms with E-state index in [4.69, 9.17) is 9.47 Å². The van der Waals surface area contributed by atoms with Crippen molar-refractivity contribution in [1.82, 2.24) is 19.9 Å². The monoisotopic (exact) mass is 338 g/mol. The molecule has 4 rings (SSSR count). The average molecular weight is 338 g/mol. The van der Waals surface area contributed by atoms with Gasteiger partial charge >= 0.3 is 0 Å². The number of likely N-dealkylation sites (tertiary alicyclic amines) is 1. The number of H-pyrrole nitrogens is 1. The molecule has 1 aliphatic rings. The number of amides is 1. The molecule has 0 spiro atoms. The molecule has 1 fully saturated rings. The van der Waals surface area contributed by atoms with E-state index in [-0.39, 0.29) is 12.0 Å². The van der Waals surface area contributed by atoms with Crippen LogP contribution in [-0.2, 0) is 0 Å². The molecule has 1 saturated heterocycles. The van der Waals surface area contributed by atoms with Crippen LogP contribution in [0.15, 0.2) is 42.9 Å². The summed E-state index contributed by atoms with van der Waals surface area (Å²) >= 11 is 0. The third-order valence-electron chi connectivity index (χ3n) is 4.32. The molecular weight excluding hydrogens is 320 g/mol. The van der Waals surface area contributed by atoms with Gasteiger partial charge in [0.25, 0.3) is 5.91 Å². The van der Waals surface area contributed by atoms with Crippen LogP contribution in [0.3, 0.4) is 0 Å². The van der Waals surface area contributed by atoms with E-state index in [1.54, 1.807) is 30.6 Å². The van der Waals surface area contributed by atoms with Gasteiger partial charge in [-0.05, 0) is 18.2 Å². The van der Waals surface area contributed by atoms with Gasteiger partial charge < -0.3 is 19.4 Å². The maximum atomic E-state index is 12.7. The first-order valence-corrected chi connectivity index (χ1v) is 8.11. The van der Waals surface area contributed by atoms with Crippen molar-refractivity contribution in [1.29, 1.82) is 0 Å². The van der Waals surface area contributed by atoms with Crippen LogP contribution in [0.5, 0.6) is 11.6 Å². The molecule has 0 aliphatic carbocycles. The highest BCUT2D eigenvalue weighted by molar-refractivity contribution is 5.98. The number of benzene rings is 1. The second-order valence-electron chi connectivity index (χ2n) is 5.96. The summed E-state index contributed by atoms with van der Waals surface area (Å²) < 4.78 is 11.0. The standard InChI is InChI=1S/C18H18N4O3/c1-24-13-3-2-12-8-16(21-15(12)9-13)18(23)22-7-4-14(11-22)25-17-10-19-5-6-20-17/h2-3,5-6,8-10,14,21H,4,7,11H2,1H3. The van der Waals surface area contributed by atoms with Crippen LogP contribution in [-0.4, -0.2) is 52.1 Å². The molecule has 0 saturated carbocycles. The van der Waals surface area contributed by atoms with Gasteiger partial charge in [-0.15, -0.1) is 0 Å². The molecule has 1 N–H and O–H groups in total. The molecule has 0 radical (unpaired) electrons. The highest BCUT2D eigenvalue weighted by Crippen LogP contribution is 2.23. The minimum absolute atomic E-state index is 0.0274. The first kappa shape index (κ1) is 15.4. The number of hydrogen-bond acceptors (Lipinski definition) is 5. The SMILES string of the molecule is COc1ccc2cc(C(=O)N3CCC(Oc4cnccn4)C3)[nH]c2c1. The molecule has 1 amide bonds. The number of nitrogens with one attached hydrogen (secondary N) is 1. The lowest BCUT2D eigenvalue weighted by atomic mass is 10.2. The van der Waals surface area contributed by atoms with Crippen LogP contribution in [0, 0.1) is 0 Å². The smallest absolute Gasteiger partial charge is 0.270 e. The summed E-state index contributed by atoms with van der Waals surface area (Å²) in [6.45, 7) is 1.19. The number of rotatable bonds is 4. The number of ether oxygens (including phenoxy) is 2. The molecular formula is C18H18N4O3. The van der Waals surface area contributed by atoms with Crippen LogP contribution in [0.4, 0.5) is 0 Å². The summed E-state index contributed by atoms with van der Waals surface area (Å²) in [6, 6.07) is 7.57. The molecule has 0 bridgehead atoms. The Hall–Kier alpha value is -3.09. The van der Waals surface area contributed by atoms with Crippen LogP contribution in [0.25, 0.3) is 10.9 Å². The predicted molar refractivity (Wildman–Crippen MR) is 91.8 cm³/mol. The molecule has 2 aromatic heterocycles. The fraction of sp³-hybridized carbons (Fsp3) is 0.278. The van der Waals surface area contributed by atoms with E-state index >= 15 is 0 Å². The number of methoxy groups -OCH3 is 1. The zero-order valence-corrected chi connectivity index (χ0v) is 13.8. The Morgan fingerprint density at radius 3 is 3.04 bits per heavy atom. The Morgan fingerprint density at radius 1 is 1.32 bits per heavy atom. The Balaban J connectivity index is 1.46. The van der Waals surface area contributed by atoms with E-state index in [1.807, 2.05) is 24.3 Å². The average Bonchev–Trinajstić information content (AvgIpc) is 3.28. The third-order valence-corrected chi connectivity index (χ3v) is 4.32. The molecule has 128 valence electrons. The summed E-state index contributed by atoms with van der Waals surface area (Å²) in [5.41, 5.74) is 1.46. The number of nitrogens with zero attached hydrogens (tertiary/aromatic N) is 3. The number of aromatic amines is 1. The molecule has 7 nitrogen and oxygen atoms in total. The maximum absolute atomic E-state index is 12.7. The fourth-order valence-corrected chi connectivity index (χ4v) is 3.04. The van der Waals surface area contributed by atoms with E-state index in [0.717, 1.165) is 23.1 Å². The Kier molecular flexibility index (Phi) is 3.97. The predicted octanol–water partition coefficient (Wildman–Crippen LogP) is 2.26. The minimum atomic E-state index is -0.0647. The number of carbonyl (C=O) groups is 1. The third kappa shape index (κ3) is 3.13. The second-order valence-corrected chi connectivity index (χ2v) is 5.96. The molecule has 3 heterocycles. The fourth-order valence-electron chi connectivity index (χ4n) is 3.04. The second kappa shape index (κ2) is 6.43. The molecule has 3 aromatic rings. The van der Waals surface area contributed by atoms with Crippen molar-refractivity contribution in [3.63, 3.8) is 0 Å². The molecule has 1 aliphatic heterocycles. The van der Waals surface area contributed by atoms with E-state index in [2.05, 4.69) is 15.0 Å². The maximum Gasteiger partial charge on any atom is 0.270 e. The van der Waals surface area contributed by atoms with Crippen molar-refractivity contribution in [3.8, 4) is 11.6 Å².